The summed E-state index contributed by atoms with van der Waals surface area (Å²) in [6.07, 6.45) is 1.92. The van der Waals surface area contributed by atoms with Crippen molar-refractivity contribution in [3.05, 3.63) is 60.2 Å². The number of amides is 4. The molecule has 1 fully saturated rings. The standard InChI is InChI=1S/C28H33FN6O6/c1-27(2,41-26(30)39)24(37)32-21(10-12-40-20-13-19(29)15-31-16-20)23(36)35-11-9-22-28(17-35,25(38)34(3)33-22)14-18-7-5-4-6-8-18/h4-8,13,15-16,21H,9-12,14,17H2,1-3H3,(H2,30,39)(H,32,37)/t21?,28-/m1/s1. The Morgan fingerprint density at radius 1 is 1.22 bits per heavy atom. The summed E-state index contributed by atoms with van der Waals surface area (Å²) in [5, 5.41) is 8.43. The van der Waals surface area contributed by atoms with E-state index in [2.05, 4.69) is 15.4 Å². The zero-order valence-electron chi connectivity index (χ0n) is 23.1. The molecule has 4 amide bonds. The van der Waals surface area contributed by atoms with E-state index < -0.39 is 40.8 Å². The number of likely N-dealkylation sites (tertiary alicyclic amines) is 1. The van der Waals surface area contributed by atoms with E-state index in [1.807, 2.05) is 30.3 Å². The number of ether oxygens (including phenoxy) is 2. The third-order valence-corrected chi connectivity index (χ3v) is 7.13. The highest BCUT2D eigenvalue weighted by molar-refractivity contribution is 6.13. The maximum absolute atomic E-state index is 13.9. The van der Waals surface area contributed by atoms with Crippen molar-refractivity contribution in [3.63, 3.8) is 0 Å². The second-order valence-electron chi connectivity index (χ2n) is 10.6. The number of carbonyl (C=O) groups is 4. The fourth-order valence-electron chi connectivity index (χ4n) is 5.09. The number of hydrogen-bond donors (Lipinski definition) is 2. The second-order valence-corrected chi connectivity index (χ2v) is 10.6. The Bertz CT molecular complexity index is 1350. The summed E-state index contributed by atoms with van der Waals surface area (Å²) in [5.74, 6) is -1.86. The molecule has 1 saturated heterocycles. The van der Waals surface area contributed by atoms with Crippen LogP contribution in [0.3, 0.4) is 0 Å². The number of aromatic nitrogens is 1. The van der Waals surface area contributed by atoms with Gasteiger partial charge in [0, 0.05) is 39.0 Å². The number of piperidine rings is 1. The van der Waals surface area contributed by atoms with Gasteiger partial charge in [0.25, 0.3) is 11.8 Å². The minimum atomic E-state index is -1.67. The lowest BCUT2D eigenvalue weighted by atomic mass is 9.73. The van der Waals surface area contributed by atoms with Crippen LogP contribution >= 0.6 is 0 Å². The molecular formula is C28H33FN6O6. The van der Waals surface area contributed by atoms with Crippen LogP contribution in [0.1, 0.15) is 32.3 Å². The van der Waals surface area contributed by atoms with E-state index in [0.717, 1.165) is 17.8 Å². The van der Waals surface area contributed by atoms with E-state index >= 15 is 0 Å². The Kier molecular flexibility index (Phi) is 8.55. The van der Waals surface area contributed by atoms with Gasteiger partial charge in [-0.05, 0) is 25.8 Å². The van der Waals surface area contributed by atoms with Gasteiger partial charge in [-0.2, -0.15) is 5.10 Å². The lowest BCUT2D eigenvalue weighted by Gasteiger charge is -2.41. The molecule has 1 aromatic carbocycles. The first-order chi connectivity index (χ1) is 19.4. The fraction of sp³-hybridized carbons (Fsp3) is 0.429. The van der Waals surface area contributed by atoms with Gasteiger partial charge < -0.3 is 25.4 Å². The first-order valence-electron chi connectivity index (χ1n) is 13.1. The number of benzene rings is 1. The summed E-state index contributed by atoms with van der Waals surface area (Å²) in [6, 6.07) is 9.51. The number of nitrogens with one attached hydrogen (secondary N) is 1. The molecule has 0 aliphatic carbocycles. The zero-order valence-corrected chi connectivity index (χ0v) is 23.1. The molecular weight excluding hydrogens is 535 g/mol. The van der Waals surface area contributed by atoms with Crippen LogP contribution in [0.2, 0.25) is 0 Å². The Labute approximate surface area is 236 Å². The Morgan fingerprint density at radius 3 is 2.63 bits per heavy atom. The van der Waals surface area contributed by atoms with Crippen molar-refractivity contribution in [1.82, 2.24) is 20.2 Å². The SMILES string of the molecule is CN1N=C2CCN(C(=O)C(CCOc3cncc(F)c3)NC(=O)C(C)(C)OC(N)=O)C[C@@]2(Cc2ccccc2)C1=O. The van der Waals surface area contributed by atoms with Crippen molar-refractivity contribution >= 4 is 29.5 Å². The molecule has 0 radical (unpaired) electrons. The molecule has 1 aromatic heterocycles. The average Bonchev–Trinajstić information content (AvgIpc) is 3.16. The molecule has 3 heterocycles. The van der Waals surface area contributed by atoms with E-state index in [-0.39, 0.29) is 37.8 Å². The van der Waals surface area contributed by atoms with E-state index in [1.54, 1.807) is 7.05 Å². The summed E-state index contributed by atoms with van der Waals surface area (Å²) < 4.78 is 24.0. The number of nitrogens with two attached hydrogens (primary N) is 1. The van der Waals surface area contributed by atoms with Gasteiger partial charge in [-0.15, -0.1) is 0 Å². The van der Waals surface area contributed by atoms with Gasteiger partial charge >= 0.3 is 6.09 Å². The predicted octanol–water partition coefficient (Wildman–Crippen LogP) is 1.64. The topological polar surface area (TPSA) is 157 Å². The smallest absolute Gasteiger partial charge is 0.405 e. The molecule has 2 atom stereocenters. The van der Waals surface area contributed by atoms with Crippen molar-refractivity contribution in [2.75, 3.05) is 26.7 Å². The Morgan fingerprint density at radius 2 is 1.95 bits per heavy atom. The van der Waals surface area contributed by atoms with Gasteiger partial charge in [-0.1, -0.05) is 30.3 Å². The van der Waals surface area contributed by atoms with Crippen molar-refractivity contribution < 1.29 is 33.0 Å². The number of carbonyl (C=O) groups excluding carboxylic acids is 4. The molecule has 2 aromatic rings. The summed E-state index contributed by atoms with van der Waals surface area (Å²) in [6.45, 7) is 2.95. The van der Waals surface area contributed by atoms with E-state index in [1.165, 1.54) is 30.0 Å². The van der Waals surface area contributed by atoms with Gasteiger partial charge in [0.05, 0.1) is 24.7 Å². The van der Waals surface area contributed by atoms with Crippen LogP contribution in [0.25, 0.3) is 0 Å². The van der Waals surface area contributed by atoms with Crippen molar-refractivity contribution in [3.8, 4) is 5.75 Å². The second kappa shape index (κ2) is 11.9. The molecule has 218 valence electrons. The van der Waals surface area contributed by atoms with Crippen LogP contribution in [0.5, 0.6) is 5.75 Å². The van der Waals surface area contributed by atoms with Crippen molar-refractivity contribution in [2.45, 2.75) is 44.8 Å². The maximum Gasteiger partial charge on any atom is 0.405 e. The van der Waals surface area contributed by atoms with Crippen LogP contribution < -0.4 is 15.8 Å². The predicted molar refractivity (Wildman–Crippen MR) is 145 cm³/mol. The minimum Gasteiger partial charge on any atom is -0.492 e. The summed E-state index contributed by atoms with van der Waals surface area (Å²) >= 11 is 0. The molecule has 2 aliphatic rings. The normalized spacial score (nSPS) is 19.2. The molecule has 3 N–H and O–H groups in total. The molecule has 1 unspecified atom stereocenters. The number of nitrogens with zero attached hydrogens (tertiary/aromatic N) is 4. The number of halogens is 1. The van der Waals surface area contributed by atoms with Gasteiger partial charge in [0.1, 0.15) is 23.0 Å². The summed E-state index contributed by atoms with van der Waals surface area (Å²) in [7, 11) is 1.59. The van der Waals surface area contributed by atoms with Gasteiger partial charge in [0.2, 0.25) is 5.91 Å². The highest BCUT2D eigenvalue weighted by atomic mass is 19.1. The van der Waals surface area contributed by atoms with Crippen LogP contribution in [0, 0.1) is 11.2 Å². The van der Waals surface area contributed by atoms with Crippen LogP contribution in [-0.2, 0) is 25.5 Å². The molecule has 2 aliphatic heterocycles. The van der Waals surface area contributed by atoms with Gasteiger partial charge in [-0.25, -0.2) is 14.2 Å². The van der Waals surface area contributed by atoms with Crippen LogP contribution in [0.15, 0.2) is 53.9 Å². The molecule has 12 nitrogen and oxygen atoms in total. The largest absolute Gasteiger partial charge is 0.492 e. The molecule has 0 saturated carbocycles. The Balaban J connectivity index is 1.56. The number of rotatable bonds is 10. The van der Waals surface area contributed by atoms with Gasteiger partial charge in [0.15, 0.2) is 5.60 Å². The number of hydrogen-bond acceptors (Lipinski definition) is 8. The molecule has 0 spiro atoms. The number of hydrazone groups is 1. The number of primary amides is 1. The Hall–Kier alpha value is -4.55. The van der Waals surface area contributed by atoms with E-state index in [9.17, 15) is 23.6 Å². The summed E-state index contributed by atoms with van der Waals surface area (Å²) in [4.78, 5) is 57.1. The first kappa shape index (κ1) is 29.4. The maximum atomic E-state index is 13.9. The van der Waals surface area contributed by atoms with E-state index in [4.69, 9.17) is 15.2 Å². The third-order valence-electron chi connectivity index (χ3n) is 7.13. The number of fused-ring (bicyclic) bond motifs is 1. The zero-order chi connectivity index (χ0) is 29.8. The highest BCUT2D eigenvalue weighted by Crippen LogP contribution is 2.38. The fourth-order valence-corrected chi connectivity index (χ4v) is 5.09. The monoisotopic (exact) mass is 568 g/mol. The van der Waals surface area contributed by atoms with Gasteiger partial charge in [-0.3, -0.25) is 19.4 Å². The van der Waals surface area contributed by atoms with Crippen LogP contribution in [-0.4, -0.2) is 82.8 Å². The minimum absolute atomic E-state index is 0.00921. The van der Waals surface area contributed by atoms with Crippen LogP contribution in [0.4, 0.5) is 9.18 Å². The lowest BCUT2D eigenvalue weighted by molar-refractivity contribution is -0.145. The average molecular weight is 569 g/mol. The highest BCUT2D eigenvalue weighted by Gasteiger charge is 2.54. The quantitative estimate of drug-likeness (QED) is 0.441. The van der Waals surface area contributed by atoms with E-state index in [0.29, 0.717) is 18.6 Å². The van der Waals surface area contributed by atoms with Crippen molar-refractivity contribution in [1.29, 1.82) is 0 Å². The molecule has 0 bridgehead atoms. The summed E-state index contributed by atoms with van der Waals surface area (Å²) in [5.41, 5.74) is 4.03. The lowest BCUT2D eigenvalue weighted by Crippen LogP contribution is -2.60. The third kappa shape index (κ3) is 6.61. The molecule has 4 rings (SSSR count). The van der Waals surface area contributed by atoms with Crippen molar-refractivity contribution in [2.24, 2.45) is 16.3 Å². The molecule has 41 heavy (non-hydrogen) atoms. The first-order valence-corrected chi connectivity index (χ1v) is 13.1. The molecule has 13 heteroatoms. The number of pyridine rings is 1.